The first-order valence-electron chi connectivity index (χ1n) is 8.81. The van der Waals surface area contributed by atoms with Crippen LogP contribution in [0.15, 0.2) is 23.8 Å². The highest BCUT2D eigenvalue weighted by atomic mass is 16.6. The zero-order chi connectivity index (χ0) is 20.4. The fourth-order valence-electron chi connectivity index (χ4n) is 3.16. The second kappa shape index (κ2) is 7.77. The molecule has 3 rings (SSSR count). The first-order chi connectivity index (χ1) is 13.3. The molecule has 1 aromatic carbocycles. The summed E-state index contributed by atoms with van der Waals surface area (Å²) in [5, 5.41) is 13.3. The Labute approximate surface area is 160 Å². The van der Waals surface area contributed by atoms with Crippen molar-refractivity contribution in [3.63, 3.8) is 0 Å². The predicted octanol–water partition coefficient (Wildman–Crippen LogP) is 1.30. The number of urea groups is 1. The van der Waals surface area contributed by atoms with Gasteiger partial charge in [0.15, 0.2) is 0 Å². The van der Waals surface area contributed by atoms with Gasteiger partial charge in [-0.3, -0.25) is 29.9 Å². The number of rotatable bonds is 4. The minimum absolute atomic E-state index is 0.163. The van der Waals surface area contributed by atoms with Gasteiger partial charge in [-0.2, -0.15) is 0 Å². The summed E-state index contributed by atoms with van der Waals surface area (Å²) in [5.74, 6) is -1.56. The Kier molecular flexibility index (Phi) is 5.41. The number of hydrogen-bond acceptors (Lipinski definition) is 7. The van der Waals surface area contributed by atoms with E-state index in [0.717, 1.165) is 4.90 Å². The van der Waals surface area contributed by atoms with Gasteiger partial charge in [0.05, 0.1) is 18.1 Å². The number of barbiturate groups is 1. The van der Waals surface area contributed by atoms with Crippen LogP contribution in [0.3, 0.4) is 0 Å². The van der Waals surface area contributed by atoms with E-state index in [1.165, 1.54) is 18.2 Å². The SMILES string of the molecule is CC(C)N1C(=O)NC(=O)/C(=C\c2cc([N+](=O)[O-])ccc2N2CCOCC2)C1=O. The van der Waals surface area contributed by atoms with E-state index in [9.17, 15) is 24.5 Å². The molecule has 1 N–H and O–H groups in total. The summed E-state index contributed by atoms with van der Waals surface area (Å²) in [4.78, 5) is 50.5. The normalized spacial score (nSPS) is 19.4. The van der Waals surface area contributed by atoms with Crippen LogP contribution in [-0.4, -0.2) is 60.0 Å². The minimum Gasteiger partial charge on any atom is -0.378 e. The number of imide groups is 2. The van der Waals surface area contributed by atoms with E-state index in [-0.39, 0.29) is 11.3 Å². The summed E-state index contributed by atoms with van der Waals surface area (Å²) in [5.41, 5.74) is 0.593. The molecule has 0 aromatic heterocycles. The lowest BCUT2D eigenvalue weighted by molar-refractivity contribution is -0.384. The first kappa shape index (κ1) is 19.5. The summed E-state index contributed by atoms with van der Waals surface area (Å²) in [6.45, 7) is 5.45. The van der Waals surface area contributed by atoms with Gasteiger partial charge in [0.1, 0.15) is 5.57 Å². The average molecular weight is 388 g/mol. The summed E-state index contributed by atoms with van der Waals surface area (Å²) in [6, 6.07) is 3.04. The average Bonchev–Trinajstić information content (AvgIpc) is 2.65. The maximum Gasteiger partial charge on any atom is 0.331 e. The third-order valence-electron chi connectivity index (χ3n) is 4.52. The van der Waals surface area contributed by atoms with Crippen LogP contribution in [0.1, 0.15) is 19.4 Å². The van der Waals surface area contributed by atoms with E-state index in [1.807, 2.05) is 4.90 Å². The number of amides is 4. The van der Waals surface area contributed by atoms with Crippen LogP contribution in [0, 0.1) is 10.1 Å². The van der Waals surface area contributed by atoms with Gasteiger partial charge in [-0.05, 0) is 26.0 Å². The molecule has 0 bridgehead atoms. The number of ether oxygens (including phenoxy) is 1. The Morgan fingerprint density at radius 2 is 1.89 bits per heavy atom. The van der Waals surface area contributed by atoms with Crippen molar-refractivity contribution in [2.45, 2.75) is 19.9 Å². The van der Waals surface area contributed by atoms with E-state index in [4.69, 9.17) is 4.74 Å². The van der Waals surface area contributed by atoms with Gasteiger partial charge in [-0.15, -0.1) is 0 Å². The van der Waals surface area contributed by atoms with Crippen molar-refractivity contribution in [1.82, 2.24) is 10.2 Å². The van der Waals surface area contributed by atoms with Gasteiger partial charge >= 0.3 is 6.03 Å². The molecule has 2 heterocycles. The number of non-ortho nitro benzene ring substituents is 1. The Bertz CT molecular complexity index is 873. The molecule has 2 fully saturated rings. The Hall–Kier alpha value is -3.27. The molecule has 28 heavy (non-hydrogen) atoms. The van der Waals surface area contributed by atoms with E-state index in [2.05, 4.69) is 5.32 Å². The molecule has 2 aliphatic rings. The lowest BCUT2D eigenvalue weighted by Crippen LogP contribution is -2.56. The van der Waals surface area contributed by atoms with Crippen LogP contribution in [0.25, 0.3) is 6.08 Å². The number of benzene rings is 1. The maximum atomic E-state index is 12.7. The summed E-state index contributed by atoms with van der Waals surface area (Å²) in [6.07, 6.45) is 1.30. The number of hydrogen-bond donors (Lipinski definition) is 1. The summed E-state index contributed by atoms with van der Waals surface area (Å²) < 4.78 is 5.33. The monoisotopic (exact) mass is 388 g/mol. The van der Waals surface area contributed by atoms with Crippen molar-refractivity contribution >= 4 is 35.3 Å². The van der Waals surface area contributed by atoms with Crippen molar-refractivity contribution in [2.24, 2.45) is 0 Å². The highest BCUT2D eigenvalue weighted by Gasteiger charge is 2.37. The van der Waals surface area contributed by atoms with Gasteiger partial charge in [0.2, 0.25) is 0 Å². The number of nitrogens with zero attached hydrogens (tertiary/aromatic N) is 3. The second-order valence-corrected chi connectivity index (χ2v) is 6.69. The zero-order valence-electron chi connectivity index (χ0n) is 15.5. The van der Waals surface area contributed by atoms with Crippen molar-refractivity contribution in [2.75, 3.05) is 31.2 Å². The van der Waals surface area contributed by atoms with E-state index >= 15 is 0 Å². The zero-order valence-corrected chi connectivity index (χ0v) is 15.5. The molecule has 2 saturated heterocycles. The topological polar surface area (TPSA) is 122 Å². The van der Waals surface area contributed by atoms with Crippen LogP contribution in [0.4, 0.5) is 16.2 Å². The van der Waals surface area contributed by atoms with Crippen LogP contribution in [-0.2, 0) is 14.3 Å². The number of carbonyl (C=O) groups is 3. The molecule has 10 nitrogen and oxygen atoms in total. The molecule has 2 aliphatic heterocycles. The molecular weight excluding hydrogens is 368 g/mol. The molecule has 0 unspecified atom stereocenters. The Morgan fingerprint density at radius 3 is 2.50 bits per heavy atom. The fourth-order valence-corrected chi connectivity index (χ4v) is 3.16. The number of nitrogens with one attached hydrogen (secondary N) is 1. The second-order valence-electron chi connectivity index (χ2n) is 6.69. The Morgan fingerprint density at radius 1 is 1.21 bits per heavy atom. The van der Waals surface area contributed by atoms with Crippen molar-refractivity contribution in [1.29, 1.82) is 0 Å². The third-order valence-corrected chi connectivity index (χ3v) is 4.52. The van der Waals surface area contributed by atoms with Crippen LogP contribution in [0.5, 0.6) is 0 Å². The molecule has 0 aliphatic carbocycles. The molecule has 148 valence electrons. The molecule has 0 spiro atoms. The van der Waals surface area contributed by atoms with Gasteiger partial charge in [-0.25, -0.2) is 4.79 Å². The highest BCUT2D eigenvalue weighted by molar-refractivity contribution is 6.31. The Balaban J connectivity index is 2.08. The molecular formula is C18H20N4O6. The van der Waals surface area contributed by atoms with Crippen molar-refractivity contribution in [3.8, 4) is 0 Å². The quantitative estimate of drug-likeness (QED) is 0.357. The molecule has 4 amide bonds. The number of anilines is 1. The van der Waals surface area contributed by atoms with Gasteiger partial charge in [0, 0.05) is 42.5 Å². The molecule has 0 atom stereocenters. The largest absolute Gasteiger partial charge is 0.378 e. The lowest BCUT2D eigenvalue weighted by atomic mass is 10.0. The smallest absolute Gasteiger partial charge is 0.331 e. The van der Waals surface area contributed by atoms with Crippen LogP contribution >= 0.6 is 0 Å². The van der Waals surface area contributed by atoms with Gasteiger partial charge in [0.25, 0.3) is 17.5 Å². The van der Waals surface area contributed by atoms with Crippen LogP contribution < -0.4 is 10.2 Å². The molecule has 1 aromatic rings. The van der Waals surface area contributed by atoms with Gasteiger partial charge < -0.3 is 9.64 Å². The van der Waals surface area contributed by atoms with Crippen LogP contribution in [0.2, 0.25) is 0 Å². The van der Waals surface area contributed by atoms with E-state index in [1.54, 1.807) is 19.9 Å². The van der Waals surface area contributed by atoms with Gasteiger partial charge in [-0.1, -0.05) is 0 Å². The lowest BCUT2D eigenvalue weighted by Gasteiger charge is -2.31. The number of nitro groups is 1. The maximum absolute atomic E-state index is 12.7. The van der Waals surface area contributed by atoms with E-state index in [0.29, 0.717) is 37.6 Å². The molecule has 0 radical (unpaired) electrons. The minimum atomic E-state index is -0.827. The number of morpholine rings is 1. The third kappa shape index (κ3) is 3.72. The fraction of sp³-hybridized carbons (Fsp3) is 0.389. The summed E-state index contributed by atoms with van der Waals surface area (Å²) in [7, 11) is 0. The number of nitro benzene ring substituents is 1. The summed E-state index contributed by atoms with van der Waals surface area (Å²) >= 11 is 0. The first-order valence-corrected chi connectivity index (χ1v) is 8.81. The number of carbonyl (C=O) groups excluding carboxylic acids is 3. The van der Waals surface area contributed by atoms with E-state index < -0.39 is 28.8 Å². The van der Waals surface area contributed by atoms with Crippen molar-refractivity contribution in [3.05, 3.63) is 39.4 Å². The molecule has 0 saturated carbocycles. The predicted molar refractivity (Wildman–Crippen MR) is 99.6 cm³/mol. The van der Waals surface area contributed by atoms with Crippen molar-refractivity contribution < 1.29 is 24.0 Å². The highest BCUT2D eigenvalue weighted by Crippen LogP contribution is 2.29. The standard InChI is InChI=1S/C18H20N4O6/c1-11(2)21-17(24)14(16(23)19-18(21)25)10-12-9-13(22(26)27)3-4-15(12)20-5-7-28-8-6-20/h3-4,9-11H,5-8H2,1-2H3,(H,19,23,25)/b14-10+. The molecule has 10 heteroatoms.